The summed E-state index contributed by atoms with van der Waals surface area (Å²) in [6, 6.07) is 10.1. The van der Waals surface area contributed by atoms with Gasteiger partial charge in [-0.1, -0.05) is 17.4 Å². The van der Waals surface area contributed by atoms with Crippen molar-refractivity contribution < 1.29 is 13.2 Å². The molecule has 9 heteroatoms. The number of anilines is 1. The first-order chi connectivity index (χ1) is 13.9. The highest BCUT2D eigenvalue weighted by atomic mass is 32.2. The molecule has 2 heterocycles. The van der Waals surface area contributed by atoms with Crippen LogP contribution in [0.25, 0.3) is 10.2 Å². The number of sulfonamides is 1. The molecular weight excluding hydrogens is 408 g/mol. The number of aromatic nitrogens is 1. The van der Waals surface area contributed by atoms with E-state index in [9.17, 15) is 13.2 Å². The summed E-state index contributed by atoms with van der Waals surface area (Å²) in [4.78, 5) is 17.2. The smallest absolute Gasteiger partial charge is 0.269 e. The zero-order valence-electron chi connectivity index (χ0n) is 16.2. The molecule has 1 aliphatic rings. The number of hydrogen-bond acceptors (Lipinski definition) is 6. The Labute approximate surface area is 173 Å². The second kappa shape index (κ2) is 7.74. The van der Waals surface area contributed by atoms with E-state index < -0.39 is 10.0 Å². The lowest BCUT2D eigenvalue weighted by atomic mass is 10.1. The Morgan fingerprint density at radius 1 is 1.07 bits per heavy atom. The molecule has 2 N–H and O–H groups in total. The van der Waals surface area contributed by atoms with Crippen molar-refractivity contribution in [2.45, 2.75) is 31.6 Å². The molecule has 152 valence electrons. The lowest BCUT2D eigenvalue weighted by Gasteiger charge is -2.15. The zero-order valence-corrected chi connectivity index (χ0v) is 17.9. The molecule has 0 radical (unpaired) electrons. The van der Waals surface area contributed by atoms with Crippen molar-refractivity contribution in [3.63, 3.8) is 0 Å². The maximum absolute atomic E-state index is 12.6. The fraction of sp³-hybridized carbons (Fsp3) is 0.300. The van der Waals surface area contributed by atoms with Crippen LogP contribution in [0.5, 0.6) is 0 Å². The molecule has 0 atom stereocenters. The van der Waals surface area contributed by atoms with Crippen molar-refractivity contribution in [2.24, 2.45) is 0 Å². The predicted molar refractivity (Wildman–Crippen MR) is 115 cm³/mol. The number of rotatable bonds is 5. The van der Waals surface area contributed by atoms with Gasteiger partial charge in [-0.25, -0.2) is 13.4 Å². The Kier molecular flexibility index (Phi) is 5.28. The third-order valence-electron chi connectivity index (χ3n) is 5.19. The second-order valence-electron chi connectivity index (χ2n) is 7.09. The number of carbonyl (C=O) groups excluding carboxylic acids is 1. The Bertz CT molecular complexity index is 1160. The molecule has 7 nitrogen and oxygen atoms in total. The van der Waals surface area contributed by atoms with Crippen molar-refractivity contribution >= 4 is 42.6 Å². The molecule has 0 aliphatic carbocycles. The van der Waals surface area contributed by atoms with E-state index in [2.05, 4.69) is 21.9 Å². The first kappa shape index (κ1) is 19.8. The number of fused-ring (bicyclic) bond motifs is 1. The van der Waals surface area contributed by atoms with E-state index >= 15 is 0 Å². The van der Waals surface area contributed by atoms with Gasteiger partial charge in [0.05, 0.1) is 15.1 Å². The van der Waals surface area contributed by atoms with Crippen molar-refractivity contribution in [1.29, 1.82) is 0 Å². The van der Waals surface area contributed by atoms with Crippen LogP contribution in [0.2, 0.25) is 0 Å². The number of nitrogens with one attached hydrogen (secondary N) is 2. The van der Waals surface area contributed by atoms with Crippen LogP contribution in [0.1, 0.15) is 34.3 Å². The summed E-state index contributed by atoms with van der Waals surface area (Å²) in [5.41, 5.74) is 9.05. The molecule has 0 bridgehead atoms. The predicted octanol–water partition coefficient (Wildman–Crippen LogP) is 3.45. The number of hydrazine groups is 1. The maximum atomic E-state index is 12.6. The molecular formula is C20H22N4O3S2. The van der Waals surface area contributed by atoms with E-state index in [1.165, 1.54) is 45.5 Å². The Morgan fingerprint density at radius 3 is 2.45 bits per heavy atom. The van der Waals surface area contributed by atoms with E-state index in [0.29, 0.717) is 23.8 Å². The van der Waals surface area contributed by atoms with Gasteiger partial charge in [0.25, 0.3) is 5.91 Å². The van der Waals surface area contributed by atoms with Crippen molar-refractivity contribution in [1.82, 2.24) is 14.7 Å². The van der Waals surface area contributed by atoms with Gasteiger partial charge >= 0.3 is 0 Å². The van der Waals surface area contributed by atoms with Gasteiger partial charge in [0.1, 0.15) is 0 Å². The molecule has 0 spiro atoms. The molecule has 1 saturated heterocycles. The van der Waals surface area contributed by atoms with E-state index in [-0.39, 0.29) is 10.8 Å². The van der Waals surface area contributed by atoms with Crippen LogP contribution >= 0.6 is 11.3 Å². The van der Waals surface area contributed by atoms with Gasteiger partial charge in [-0.2, -0.15) is 4.31 Å². The normalized spacial score (nSPS) is 15.0. The van der Waals surface area contributed by atoms with Crippen LogP contribution < -0.4 is 10.9 Å². The average molecular weight is 431 g/mol. The molecule has 1 aliphatic heterocycles. The van der Waals surface area contributed by atoms with Gasteiger partial charge in [-0.05, 0) is 68.1 Å². The molecule has 1 fully saturated rings. The van der Waals surface area contributed by atoms with Gasteiger partial charge < -0.3 is 0 Å². The number of thiazole rings is 1. The standard InChI is InChI=1S/C20H22N4O3S2/c1-13-5-10-17-18(14(13)2)21-20(28-17)23-22-19(25)15-6-8-16(9-7-15)29(26,27)24-11-3-4-12-24/h5-10H,3-4,11-12H2,1-2H3,(H,21,23)(H,22,25). The van der Waals surface area contributed by atoms with Crippen LogP contribution in [-0.4, -0.2) is 36.7 Å². The van der Waals surface area contributed by atoms with Crippen molar-refractivity contribution in [2.75, 3.05) is 18.5 Å². The topological polar surface area (TPSA) is 91.4 Å². The van der Waals surface area contributed by atoms with Crippen molar-refractivity contribution in [3.8, 4) is 0 Å². The van der Waals surface area contributed by atoms with E-state index in [4.69, 9.17) is 0 Å². The van der Waals surface area contributed by atoms with Gasteiger partial charge in [-0.3, -0.25) is 15.6 Å². The minimum absolute atomic E-state index is 0.209. The first-order valence-corrected chi connectivity index (χ1v) is 11.7. The van der Waals surface area contributed by atoms with Gasteiger partial charge in [-0.15, -0.1) is 0 Å². The Balaban J connectivity index is 1.44. The molecule has 4 rings (SSSR count). The molecule has 2 aromatic carbocycles. The first-order valence-electron chi connectivity index (χ1n) is 9.39. The fourth-order valence-corrected chi connectivity index (χ4v) is 5.71. The lowest BCUT2D eigenvalue weighted by Crippen LogP contribution is -2.30. The molecule has 0 unspecified atom stereocenters. The summed E-state index contributed by atoms with van der Waals surface area (Å²) in [5.74, 6) is -0.359. The van der Waals surface area contributed by atoms with Crippen LogP contribution in [0, 0.1) is 13.8 Å². The van der Waals surface area contributed by atoms with E-state index in [0.717, 1.165) is 28.6 Å². The van der Waals surface area contributed by atoms with Crippen LogP contribution in [0.3, 0.4) is 0 Å². The Hall–Kier alpha value is -2.49. The number of amides is 1. The minimum atomic E-state index is -3.48. The van der Waals surface area contributed by atoms with Crippen LogP contribution in [-0.2, 0) is 10.0 Å². The third kappa shape index (κ3) is 3.85. The summed E-state index contributed by atoms with van der Waals surface area (Å²) in [6.07, 6.45) is 1.77. The highest BCUT2D eigenvalue weighted by molar-refractivity contribution is 7.89. The summed E-state index contributed by atoms with van der Waals surface area (Å²) < 4.78 is 27.7. The molecule has 1 amide bonds. The minimum Gasteiger partial charge on any atom is -0.273 e. The third-order valence-corrected chi connectivity index (χ3v) is 8.04. The molecule has 29 heavy (non-hydrogen) atoms. The average Bonchev–Trinajstić information content (AvgIpc) is 3.39. The second-order valence-corrected chi connectivity index (χ2v) is 10.1. The Morgan fingerprint density at radius 2 is 1.76 bits per heavy atom. The monoisotopic (exact) mass is 430 g/mol. The lowest BCUT2D eigenvalue weighted by molar-refractivity contribution is 0.0962. The number of aryl methyl sites for hydroxylation is 2. The number of carbonyl (C=O) groups is 1. The SMILES string of the molecule is Cc1ccc2sc(NNC(=O)c3ccc(S(=O)(=O)N4CCCC4)cc3)nc2c1C. The number of nitrogens with zero attached hydrogens (tertiary/aromatic N) is 2. The largest absolute Gasteiger partial charge is 0.273 e. The number of hydrogen-bond donors (Lipinski definition) is 2. The molecule has 3 aromatic rings. The van der Waals surface area contributed by atoms with Gasteiger partial charge in [0, 0.05) is 18.7 Å². The van der Waals surface area contributed by atoms with Crippen LogP contribution in [0.15, 0.2) is 41.3 Å². The fourth-order valence-electron chi connectivity index (χ4n) is 3.32. The summed E-state index contributed by atoms with van der Waals surface area (Å²) in [7, 11) is -3.48. The highest BCUT2D eigenvalue weighted by Gasteiger charge is 2.27. The molecule has 0 saturated carbocycles. The molecule has 1 aromatic heterocycles. The van der Waals surface area contributed by atoms with Crippen LogP contribution in [0.4, 0.5) is 5.13 Å². The maximum Gasteiger partial charge on any atom is 0.269 e. The summed E-state index contributed by atoms with van der Waals surface area (Å²) >= 11 is 1.46. The van der Waals surface area contributed by atoms with Crippen molar-refractivity contribution in [3.05, 3.63) is 53.1 Å². The van der Waals surface area contributed by atoms with E-state index in [1.807, 2.05) is 19.9 Å². The zero-order chi connectivity index (χ0) is 20.6. The highest BCUT2D eigenvalue weighted by Crippen LogP contribution is 2.29. The quantitative estimate of drug-likeness (QED) is 0.605. The summed E-state index contributed by atoms with van der Waals surface area (Å²) in [6.45, 7) is 5.17. The number of benzene rings is 2. The van der Waals surface area contributed by atoms with E-state index in [1.54, 1.807) is 0 Å². The summed E-state index contributed by atoms with van der Waals surface area (Å²) in [5, 5.41) is 0.593. The van der Waals surface area contributed by atoms with Gasteiger partial charge in [0.15, 0.2) is 0 Å². The van der Waals surface area contributed by atoms with Gasteiger partial charge in [0.2, 0.25) is 15.2 Å².